The van der Waals surface area contributed by atoms with Gasteiger partial charge in [0.05, 0.1) is 27.4 Å². The number of piperidine rings is 1. The van der Waals surface area contributed by atoms with Crippen molar-refractivity contribution in [3.63, 3.8) is 0 Å². The van der Waals surface area contributed by atoms with Crippen molar-refractivity contribution in [1.29, 1.82) is 0 Å². The Morgan fingerprint density at radius 1 is 1.18 bits per heavy atom. The fourth-order valence-electron chi connectivity index (χ4n) is 6.37. The fraction of sp³-hybridized carbons (Fsp3) is 0.414. The van der Waals surface area contributed by atoms with E-state index in [1.165, 1.54) is 7.11 Å². The molecule has 11 heteroatoms. The Morgan fingerprint density at radius 2 is 1.90 bits per heavy atom. The summed E-state index contributed by atoms with van der Waals surface area (Å²) in [7, 11) is 1.48. The number of nitrogens with zero attached hydrogens (tertiary/aromatic N) is 3. The molecule has 4 heterocycles. The fourth-order valence-corrected chi connectivity index (χ4v) is 8.08. The summed E-state index contributed by atoms with van der Waals surface area (Å²) in [6.07, 6.45) is 6.46. The average Bonchev–Trinajstić information content (AvgIpc) is 3.47. The quantitative estimate of drug-likeness (QED) is 0.221. The SMILES string of the molecule is COc1cc2nc(N3C4CCC3CC(NCc3c(-c5c(Cl)cccc5Cl)noc3C3CC3)C4)sc2cc1C(=O)O. The maximum atomic E-state index is 11.7. The van der Waals surface area contributed by atoms with Gasteiger partial charge in [-0.05, 0) is 56.7 Å². The number of fused-ring (bicyclic) bond motifs is 3. The Kier molecular flexibility index (Phi) is 6.65. The minimum absolute atomic E-state index is 0.160. The second-order valence-corrected chi connectivity index (χ2v) is 12.7. The molecule has 2 bridgehead atoms. The molecule has 2 atom stereocenters. The van der Waals surface area contributed by atoms with Crippen LogP contribution in [0.15, 0.2) is 34.9 Å². The minimum atomic E-state index is -1.00. The second-order valence-electron chi connectivity index (χ2n) is 10.9. The third-order valence-electron chi connectivity index (χ3n) is 8.42. The molecule has 4 aromatic rings. The molecular formula is C29H28Cl2N4O4S. The van der Waals surface area contributed by atoms with Crippen molar-refractivity contribution in [3.05, 3.63) is 57.3 Å². The van der Waals surface area contributed by atoms with Crippen LogP contribution in [0.4, 0.5) is 5.13 Å². The number of aromatic carboxylic acids is 1. The van der Waals surface area contributed by atoms with Gasteiger partial charge in [-0.25, -0.2) is 9.78 Å². The van der Waals surface area contributed by atoms with Crippen LogP contribution in [0.2, 0.25) is 10.0 Å². The van der Waals surface area contributed by atoms with Gasteiger partial charge in [-0.2, -0.15) is 0 Å². The van der Waals surface area contributed by atoms with Gasteiger partial charge in [0, 0.05) is 47.8 Å². The zero-order valence-electron chi connectivity index (χ0n) is 21.8. The Morgan fingerprint density at radius 3 is 2.55 bits per heavy atom. The zero-order valence-corrected chi connectivity index (χ0v) is 24.2. The number of ether oxygens (including phenoxy) is 1. The third kappa shape index (κ3) is 4.53. The molecule has 8 nitrogen and oxygen atoms in total. The topological polar surface area (TPSA) is 101 Å². The number of thiazole rings is 1. The number of hydrogen-bond acceptors (Lipinski definition) is 8. The molecule has 208 valence electrons. The molecule has 0 radical (unpaired) electrons. The van der Waals surface area contributed by atoms with E-state index in [1.54, 1.807) is 23.5 Å². The van der Waals surface area contributed by atoms with Crippen LogP contribution >= 0.6 is 34.5 Å². The summed E-state index contributed by atoms with van der Waals surface area (Å²) in [5.41, 5.74) is 3.45. The van der Waals surface area contributed by atoms with Gasteiger partial charge in [0.15, 0.2) is 5.13 Å². The second kappa shape index (κ2) is 10.2. The lowest BCUT2D eigenvalue weighted by molar-refractivity contribution is 0.0693. The Labute approximate surface area is 245 Å². The smallest absolute Gasteiger partial charge is 0.339 e. The van der Waals surface area contributed by atoms with Gasteiger partial charge in [-0.1, -0.05) is 45.8 Å². The predicted octanol–water partition coefficient (Wildman–Crippen LogP) is 7.13. The van der Waals surface area contributed by atoms with Crippen LogP contribution in [0.5, 0.6) is 5.75 Å². The van der Waals surface area contributed by atoms with Crippen molar-refractivity contribution in [2.45, 2.75) is 69.1 Å². The van der Waals surface area contributed by atoms with Crippen LogP contribution in [0.3, 0.4) is 0 Å². The monoisotopic (exact) mass is 598 g/mol. The molecular weight excluding hydrogens is 571 g/mol. The number of rotatable bonds is 8. The number of carboxylic acid groups (broad SMARTS) is 1. The third-order valence-corrected chi connectivity index (χ3v) is 10.1. The van der Waals surface area contributed by atoms with Gasteiger partial charge in [0.1, 0.15) is 22.8 Å². The lowest BCUT2D eigenvalue weighted by Crippen LogP contribution is -2.49. The van der Waals surface area contributed by atoms with E-state index in [9.17, 15) is 9.90 Å². The van der Waals surface area contributed by atoms with Crippen LogP contribution in [0, 0.1) is 0 Å². The van der Waals surface area contributed by atoms with Gasteiger partial charge in [-0.3, -0.25) is 0 Å². The van der Waals surface area contributed by atoms with Gasteiger partial charge >= 0.3 is 5.97 Å². The van der Waals surface area contributed by atoms with Gasteiger partial charge in [-0.15, -0.1) is 0 Å². The molecule has 3 aliphatic rings. The van der Waals surface area contributed by atoms with Crippen LogP contribution in [-0.2, 0) is 6.54 Å². The molecule has 1 aliphatic carbocycles. The average molecular weight is 600 g/mol. The highest BCUT2D eigenvalue weighted by atomic mass is 35.5. The van der Waals surface area contributed by atoms with Crippen molar-refractivity contribution in [2.24, 2.45) is 0 Å². The van der Waals surface area contributed by atoms with E-state index in [1.807, 2.05) is 18.2 Å². The van der Waals surface area contributed by atoms with Crippen molar-refractivity contribution >= 4 is 55.9 Å². The largest absolute Gasteiger partial charge is 0.496 e. The first kappa shape index (κ1) is 26.1. The van der Waals surface area contributed by atoms with E-state index in [2.05, 4.69) is 15.4 Å². The number of carboxylic acids is 1. The highest BCUT2D eigenvalue weighted by Gasteiger charge is 2.42. The van der Waals surface area contributed by atoms with E-state index >= 15 is 0 Å². The van der Waals surface area contributed by atoms with Crippen molar-refractivity contribution in [1.82, 2.24) is 15.5 Å². The molecule has 1 saturated carbocycles. The van der Waals surface area contributed by atoms with E-state index in [0.717, 1.165) is 76.5 Å². The number of aromatic nitrogens is 2. The molecule has 40 heavy (non-hydrogen) atoms. The molecule has 2 aromatic heterocycles. The first-order valence-corrected chi connectivity index (χ1v) is 15.1. The lowest BCUT2D eigenvalue weighted by Gasteiger charge is -2.39. The van der Waals surface area contributed by atoms with Gasteiger partial charge < -0.3 is 24.6 Å². The highest BCUT2D eigenvalue weighted by Crippen LogP contribution is 2.47. The Balaban J connectivity index is 1.11. The van der Waals surface area contributed by atoms with E-state index in [4.69, 9.17) is 37.4 Å². The molecule has 2 aliphatic heterocycles. The van der Waals surface area contributed by atoms with Gasteiger partial charge in [0.25, 0.3) is 0 Å². The summed E-state index contributed by atoms with van der Waals surface area (Å²) in [5.74, 6) is 0.693. The van der Waals surface area contributed by atoms with Crippen LogP contribution in [0.25, 0.3) is 21.5 Å². The first-order chi connectivity index (χ1) is 19.4. The molecule has 0 spiro atoms. The number of carbonyl (C=O) groups is 1. The molecule has 7 rings (SSSR count). The number of anilines is 1. The molecule has 3 fully saturated rings. The first-order valence-electron chi connectivity index (χ1n) is 13.6. The van der Waals surface area contributed by atoms with Crippen molar-refractivity contribution in [2.75, 3.05) is 12.0 Å². The molecule has 2 aromatic carbocycles. The van der Waals surface area contributed by atoms with Crippen LogP contribution in [0.1, 0.15) is 66.1 Å². The highest BCUT2D eigenvalue weighted by molar-refractivity contribution is 7.22. The summed E-state index contributed by atoms with van der Waals surface area (Å²) >= 11 is 14.7. The van der Waals surface area contributed by atoms with Crippen LogP contribution in [-0.4, -0.2) is 46.5 Å². The van der Waals surface area contributed by atoms with Crippen LogP contribution < -0.4 is 15.0 Å². The standard InChI is InChI=1S/C29H28Cl2N4O4S/c1-38-23-12-22-24(11-18(23)28(36)37)40-29(33-22)35-16-7-8-17(35)10-15(9-16)32-13-19-26(34-39-27(19)14-5-6-14)25-20(30)3-2-4-21(25)31/h2-4,11-12,14-17,32H,5-10,13H2,1H3,(H,36,37). The van der Waals surface area contributed by atoms with Crippen molar-refractivity contribution in [3.8, 4) is 17.0 Å². The Bertz CT molecular complexity index is 1580. The summed E-state index contributed by atoms with van der Waals surface area (Å²) < 4.78 is 12.0. The maximum absolute atomic E-state index is 11.7. The lowest BCUT2D eigenvalue weighted by atomic mass is 9.97. The number of nitrogens with one attached hydrogen (secondary N) is 1. The number of methoxy groups -OCH3 is 1. The van der Waals surface area contributed by atoms with E-state index < -0.39 is 5.97 Å². The van der Waals surface area contributed by atoms with Gasteiger partial charge in [0.2, 0.25) is 0 Å². The van der Waals surface area contributed by atoms with Crippen molar-refractivity contribution < 1.29 is 19.2 Å². The normalized spacial score (nSPS) is 22.3. The minimum Gasteiger partial charge on any atom is -0.496 e. The number of halogens is 2. The summed E-state index contributed by atoms with van der Waals surface area (Å²) in [4.78, 5) is 19.1. The maximum Gasteiger partial charge on any atom is 0.339 e. The van der Waals surface area contributed by atoms with E-state index in [0.29, 0.717) is 46.4 Å². The Hall–Kier alpha value is -2.85. The van der Waals surface area contributed by atoms with E-state index in [-0.39, 0.29) is 5.56 Å². The zero-order chi connectivity index (χ0) is 27.5. The number of benzene rings is 2. The predicted molar refractivity (Wildman–Crippen MR) is 156 cm³/mol. The molecule has 0 amide bonds. The molecule has 2 unspecified atom stereocenters. The summed E-state index contributed by atoms with van der Waals surface area (Å²) in [6, 6.07) is 10.0. The summed E-state index contributed by atoms with van der Waals surface area (Å²) in [6.45, 7) is 0.648. The molecule has 2 saturated heterocycles. The summed E-state index contributed by atoms with van der Waals surface area (Å²) in [5, 5.41) is 19.9. The molecule has 2 N–H and O–H groups in total. The number of hydrogen-bond donors (Lipinski definition) is 2.